The number of rotatable bonds is 2. The van der Waals surface area contributed by atoms with E-state index in [1.54, 1.807) is 12.4 Å². The maximum atomic E-state index is 3.85. The predicted octanol–water partition coefficient (Wildman–Crippen LogP) is 3.48. The minimum atomic E-state index is 0.913. The molecule has 3 nitrogen and oxygen atoms in total. The average Bonchev–Trinajstić information content (AvgIpc) is 2.44. The van der Waals surface area contributed by atoms with Crippen LogP contribution in [0, 0.1) is 5.92 Å². The number of aliphatic imine (C=N–C) groups is 1. The SMILES string of the molecule is C=CNC.CC.CC1CCNCC1.CC=NCC. The normalized spacial score (nSPS) is 14.1. The van der Waals surface area contributed by atoms with Crippen LogP contribution in [0.15, 0.2) is 17.8 Å². The third-order valence-electron chi connectivity index (χ3n) is 2.20. The van der Waals surface area contributed by atoms with Crippen molar-refractivity contribution in [3.8, 4) is 0 Å². The van der Waals surface area contributed by atoms with Crippen molar-refractivity contribution in [3.63, 3.8) is 0 Å². The highest BCUT2D eigenvalue weighted by Crippen LogP contribution is 2.08. The molecule has 0 aliphatic carbocycles. The third-order valence-corrected chi connectivity index (χ3v) is 2.20. The number of hydrogen-bond acceptors (Lipinski definition) is 3. The molecule has 1 aliphatic rings. The van der Waals surface area contributed by atoms with Crippen molar-refractivity contribution in [2.75, 3.05) is 26.7 Å². The van der Waals surface area contributed by atoms with Gasteiger partial charge >= 0.3 is 0 Å². The van der Waals surface area contributed by atoms with Gasteiger partial charge in [-0.3, -0.25) is 4.99 Å². The molecule has 1 saturated heterocycles. The van der Waals surface area contributed by atoms with Crippen LogP contribution in [0.3, 0.4) is 0 Å². The maximum absolute atomic E-state index is 3.85. The van der Waals surface area contributed by atoms with Crippen LogP contribution in [0.25, 0.3) is 0 Å². The fraction of sp³-hybridized carbons (Fsp3) is 0.800. The van der Waals surface area contributed by atoms with E-state index in [9.17, 15) is 0 Å². The van der Waals surface area contributed by atoms with Gasteiger partial charge in [-0.05, 0) is 58.1 Å². The molecule has 3 heteroatoms. The summed E-state index contributed by atoms with van der Waals surface area (Å²) in [5.41, 5.74) is 0. The molecule has 1 rings (SSSR count). The van der Waals surface area contributed by atoms with Gasteiger partial charge in [-0.25, -0.2) is 0 Å². The Morgan fingerprint density at radius 3 is 1.89 bits per heavy atom. The molecule has 0 aromatic rings. The lowest BCUT2D eigenvalue weighted by Gasteiger charge is -2.17. The second kappa shape index (κ2) is 25.1. The van der Waals surface area contributed by atoms with Gasteiger partial charge in [0.25, 0.3) is 0 Å². The first kappa shape index (κ1) is 22.4. The molecule has 0 bridgehead atoms. The van der Waals surface area contributed by atoms with Gasteiger partial charge in [0, 0.05) is 13.6 Å². The summed E-state index contributed by atoms with van der Waals surface area (Å²) >= 11 is 0. The van der Waals surface area contributed by atoms with E-state index in [4.69, 9.17) is 0 Å². The predicted molar refractivity (Wildman–Crippen MR) is 86.6 cm³/mol. The topological polar surface area (TPSA) is 36.4 Å². The molecule has 0 amide bonds. The Morgan fingerprint density at radius 1 is 1.33 bits per heavy atom. The maximum Gasteiger partial charge on any atom is 0.0356 e. The Morgan fingerprint density at radius 2 is 1.78 bits per heavy atom. The summed E-state index contributed by atoms with van der Waals surface area (Å²) in [7, 11) is 1.81. The lowest BCUT2D eigenvalue weighted by molar-refractivity contribution is 0.402. The minimum absolute atomic E-state index is 0.913. The largest absolute Gasteiger partial charge is 0.394 e. The van der Waals surface area contributed by atoms with Crippen molar-refractivity contribution in [1.29, 1.82) is 0 Å². The minimum Gasteiger partial charge on any atom is -0.394 e. The smallest absolute Gasteiger partial charge is 0.0356 e. The van der Waals surface area contributed by atoms with Gasteiger partial charge in [-0.2, -0.15) is 0 Å². The van der Waals surface area contributed by atoms with Crippen molar-refractivity contribution >= 4 is 6.21 Å². The average molecular weight is 257 g/mol. The van der Waals surface area contributed by atoms with Gasteiger partial charge in [0.2, 0.25) is 0 Å². The first-order valence-electron chi connectivity index (χ1n) is 7.16. The third kappa shape index (κ3) is 29.4. The molecule has 0 aromatic heterocycles. The monoisotopic (exact) mass is 257 g/mol. The molecular formula is C15H35N3. The molecule has 1 aliphatic heterocycles. The summed E-state index contributed by atoms with van der Waals surface area (Å²) in [4.78, 5) is 3.85. The second-order valence-electron chi connectivity index (χ2n) is 3.68. The quantitative estimate of drug-likeness (QED) is 0.743. The fourth-order valence-corrected chi connectivity index (χ4v) is 1.15. The van der Waals surface area contributed by atoms with Gasteiger partial charge in [0.1, 0.15) is 0 Å². The molecule has 0 spiro atoms. The van der Waals surface area contributed by atoms with Gasteiger partial charge < -0.3 is 10.6 Å². The molecule has 0 radical (unpaired) electrons. The highest BCUT2D eigenvalue weighted by atomic mass is 14.9. The molecule has 0 saturated carbocycles. The molecule has 110 valence electrons. The van der Waals surface area contributed by atoms with Gasteiger partial charge in [-0.1, -0.05) is 27.4 Å². The van der Waals surface area contributed by atoms with Crippen molar-refractivity contribution in [2.45, 2.75) is 47.5 Å². The van der Waals surface area contributed by atoms with Crippen LogP contribution in [0.4, 0.5) is 0 Å². The van der Waals surface area contributed by atoms with Crippen LogP contribution in [-0.4, -0.2) is 32.9 Å². The second-order valence-corrected chi connectivity index (χ2v) is 3.68. The Bertz CT molecular complexity index is 150. The zero-order valence-corrected chi connectivity index (χ0v) is 13.4. The van der Waals surface area contributed by atoms with E-state index in [0.717, 1.165) is 12.5 Å². The molecule has 18 heavy (non-hydrogen) atoms. The van der Waals surface area contributed by atoms with Gasteiger partial charge in [0.05, 0.1) is 0 Å². The molecule has 1 heterocycles. The van der Waals surface area contributed by atoms with Crippen LogP contribution in [-0.2, 0) is 0 Å². The Kier molecular flexibility index (Phi) is 31.2. The number of piperidine rings is 1. The van der Waals surface area contributed by atoms with Crippen molar-refractivity contribution in [2.24, 2.45) is 10.9 Å². The molecule has 0 unspecified atom stereocenters. The van der Waals surface area contributed by atoms with Crippen LogP contribution >= 0.6 is 0 Å². The lowest BCUT2D eigenvalue weighted by atomic mass is 10.0. The highest BCUT2D eigenvalue weighted by molar-refractivity contribution is 5.52. The molecule has 1 fully saturated rings. The van der Waals surface area contributed by atoms with E-state index in [1.165, 1.54) is 25.9 Å². The Hall–Kier alpha value is -0.830. The molecule has 0 aromatic carbocycles. The standard InChI is InChI=1S/C6H13N.C4H9N.C3H7N.C2H6/c1-6-2-4-7-5-3-6;1-3-5-4-2;1-3-4-2;1-2/h6-7H,2-5H2,1H3;3H,4H2,1-2H3;3-4H,1H2,2H3;1-2H3. The van der Waals surface area contributed by atoms with E-state index in [1.807, 2.05) is 34.7 Å². The zero-order valence-electron chi connectivity index (χ0n) is 13.4. The number of hydrogen-bond donors (Lipinski definition) is 2. The highest BCUT2D eigenvalue weighted by Gasteiger charge is 2.04. The summed E-state index contributed by atoms with van der Waals surface area (Å²) in [6, 6.07) is 0. The van der Waals surface area contributed by atoms with Gasteiger partial charge in [-0.15, -0.1) is 0 Å². The van der Waals surface area contributed by atoms with Crippen molar-refractivity contribution in [1.82, 2.24) is 10.6 Å². The van der Waals surface area contributed by atoms with Crippen LogP contribution in [0.5, 0.6) is 0 Å². The fourth-order valence-electron chi connectivity index (χ4n) is 1.15. The summed E-state index contributed by atoms with van der Waals surface area (Å²) in [5.74, 6) is 0.973. The summed E-state index contributed by atoms with van der Waals surface area (Å²) in [5, 5.41) is 6.01. The van der Waals surface area contributed by atoms with Crippen molar-refractivity contribution in [3.05, 3.63) is 12.8 Å². The number of nitrogens with one attached hydrogen (secondary N) is 2. The van der Waals surface area contributed by atoms with Crippen LogP contribution in [0.2, 0.25) is 0 Å². The van der Waals surface area contributed by atoms with E-state index in [2.05, 4.69) is 29.1 Å². The van der Waals surface area contributed by atoms with Crippen LogP contribution < -0.4 is 10.6 Å². The number of nitrogens with zero attached hydrogens (tertiary/aromatic N) is 1. The Balaban J connectivity index is -0.000000183. The lowest BCUT2D eigenvalue weighted by Crippen LogP contribution is -2.26. The molecular weight excluding hydrogens is 222 g/mol. The Labute approximate surface area is 115 Å². The van der Waals surface area contributed by atoms with Crippen molar-refractivity contribution < 1.29 is 0 Å². The zero-order chi connectivity index (χ0) is 14.6. The van der Waals surface area contributed by atoms with E-state index >= 15 is 0 Å². The van der Waals surface area contributed by atoms with Gasteiger partial charge in [0.15, 0.2) is 0 Å². The van der Waals surface area contributed by atoms with E-state index in [-0.39, 0.29) is 0 Å². The first-order valence-corrected chi connectivity index (χ1v) is 7.16. The first-order chi connectivity index (χ1) is 8.72. The van der Waals surface area contributed by atoms with E-state index < -0.39 is 0 Å². The summed E-state index contributed by atoms with van der Waals surface area (Å²) < 4.78 is 0. The molecule has 0 atom stereocenters. The summed E-state index contributed by atoms with van der Waals surface area (Å²) in [6.07, 6.45) is 6.18. The summed E-state index contributed by atoms with van der Waals surface area (Å²) in [6.45, 7) is 17.0. The van der Waals surface area contributed by atoms with Crippen LogP contribution in [0.1, 0.15) is 47.5 Å². The molecule has 2 N–H and O–H groups in total. The van der Waals surface area contributed by atoms with E-state index in [0.29, 0.717) is 0 Å².